The maximum absolute atomic E-state index is 12.2. The Bertz CT molecular complexity index is 1160. The second kappa shape index (κ2) is 10.3. The molecule has 158 valence electrons. The molecule has 0 spiro atoms. The lowest BCUT2D eigenvalue weighted by atomic mass is 9.91. The van der Waals surface area contributed by atoms with Crippen LogP contribution in [0.5, 0.6) is 0 Å². The van der Waals surface area contributed by atoms with Crippen molar-refractivity contribution in [2.45, 2.75) is 26.7 Å². The van der Waals surface area contributed by atoms with Crippen LogP contribution in [0.15, 0.2) is 82.8 Å². The van der Waals surface area contributed by atoms with Crippen molar-refractivity contribution >= 4 is 23.3 Å². The van der Waals surface area contributed by atoms with Crippen LogP contribution in [-0.2, 0) is 7.05 Å². The molecule has 5 heteroatoms. The molecule has 0 aliphatic rings. The van der Waals surface area contributed by atoms with Gasteiger partial charge in [0.1, 0.15) is 0 Å². The van der Waals surface area contributed by atoms with E-state index in [4.69, 9.17) is 0 Å². The number of amides is 1. The van der Waals surface area contributed by atoms with Gasteiger partial charge in [0, 0.05) is 19.3 Å². The first kappa shape index (κ1) is 22.0. The molecule has 2 aromatic carbocycles. The smallest absolute Gasteiger partial charge is 0.272 e. The van der Waals surface area contributed by atoms with Gasteiger partial charge in [-0.15, -0.1) is 0 Å². The highest BCUT2D eigenvalue weighted by molar-refractivity contribution is 5.95. The van der Waals surface area contributed by atoms with Gasteiger partial charge >= 0.3 is 0 Å². The lowest BCUT2D eigenvalue weighted by Crippen LogP contribution is -2.22. The van der Waals surface area contributed by atoms with E-state index in [1.807, 2.05) is 18.2 Å². The molecular formula is C26H27N3O2. The van der Waals surface area contributed by atoms with E-state index in [0.717, 1.165) is 18.4 Å². The Morgan fingerprint density at radius 2 is 1.45 bits per heavy atom. The van der Waals surface area contributed by atoms with Gasteiger partial charge in [-0.05, 0) is 46.7 Å². The number of pyridine rings is 1. The van der Waals surface area contributed by atoms with Crippen LogP contribution in [0.1, 0.15) is 53.7 Å². The van der Waals surface area contributed by atoms with Crippen LogP contribution in [0.3, 0.4) is 0 Å². The van der Waals surface area contributed by atoms with E-state index in [-0.39, 0.29) is 11.5 Å². The van der Waals surface area contributed by atoms with E-state index in [0.29, 0.717) is 5.56 Å². The fraction of sp³-hybridized carbons (Fsp3) is 0.192. The van der Waals surface area contributed by atoms with Gasteiger partial charge in [0.05, 0.1) is 11.8 Å². The average Bonchev–Trinajstić information content (AvgIpc) is 2.80. The summed E-state index contributed by atoms with van der Waals surface area (Å²) >= 11 is 0. The van der Waals surface area contributed by atoms with Crippen molar-refractivity contribution in [2.75, 3.05) is 0 Å². The Morgan fingerprint density at radius 3 is 2.03 bits per heavy atom. The number of allylic oxidation sites excluding steroid dienone is 2. The molecule has 1 N–H and O–H groups in total. The zero-order valence-corrected chi connectivity index (χ0v) is 18.1. The third-order valence-electron chi connectivity index (χ3n) is 5.18. The summed E-state index contributed by atoms with van der Waals surface area (Å²) in [5.41, 5.74) is 8.73. The van der Waals surface area contributed by atoms with Crippen LogP contribution in [0.4, 0.5) is 0 Å². The molecule has 0 aliphatic carbocycles. The summed E-state index contributed by atoms with van der Waals surface area (Å²) in [4.78, 5) is 23.6. The molecule has 31 heavy (non-hydrogen) atoms. The van der Waals surface area contributed by atoms with E-state index >= 15 is 0 Å². The largest absolute Gasteiger partial charge is 0.318 e. The molecule has 0 saturated carbocycles. The number of nitrogens with zero attached hydrogens (tertiary/aromatic N) is 2. The number of benzene rings is 2. The third kappa shape index (κ3) is 5.45. The second-order valence-electron chi connectivity index (χ2n) is 7.22. The normalized spacial score (nSPS) is 12.0. The molecule has 0 fully saturated rings. The molecule has 0 saturated heterocycles. The van der Waals surface area contributed by atoms with Crippen LogP contribution < -0.4 is 11.0 Å². The Balaban J connectivity index is 1.74. The molecule has 5 nitrogen and oxygen atoms in total. The Labute approximate surface area is 182 Å². The van der Waals surface area contributed by atoms with Crippen molar-refractivity contribution in [3.63, 3.8) is 0 Å². The maximum Gasteiger partial charge on any atom is 0.272 e. The molecule has 3 rings (SSSR count). The molecule has 0 bridgehead atoms. The van der Waals surface area contributed by atoms with Crippen molar-refractivity contribution in [1.29, 1.82) is 0 Å². The SMILES string of the molecule is CC/C(=C(\CC)c1ccc(/C=N/NC(=O)c2ccc(=O)n(C)c2)cc1)c1ccccc1. The summed E-state index contributed by atoms with van der Waals surface area (Å²) in [6.45, 7) is 4.37. The molecule has 1 aromatic heterocycles. The fourth-order valence-corrected chi connectivity index (χ4v) is 3.55. The zero-order chi connectivity index (χ0) is 22.2. The quantitative estimate of drug-likeness (QED) is 0.341. The molecule has 0 atom stereocenters. The summed E-state index contributed by atoms with van der Waals surface area (Å²) < 4.78 is 1.36. The van der Waals surface area contributed by atoms with Crippen molar-refractivity contribution in [1.82, 2.24) is 9.99 Å². The minimum atomic E-state index is -0.366. The minimum Gasteiger partial charge on any atom is -0.318 e. The van der Waals surface area contributed by atoms with Gasteiger partial charge in [0.2, 0.25) is 5.56 Å². The second-order valence-corrected chi connectivity index (χ2v) is 7.22. The van der Waals surface area contributed by atoms with Gasteiger partial charge in [-0.3, -0.25) is 9.59 Å². The van der Waals surface area contributed by atoms with Crippen LogP contribution >= 0.6 is 0 Å². The molecule has 3 aromatic rings. The first-order chi connectivity index (χ1) is 15.0. The van der Waals surface area contributed by atoms with Crippen molar-refractivity contribution in [2.24, 2.45) is 12.1 Å². The Hall–Kier alpha value is -3.73. The summed E-state index contributed by atoms with van der Waals surface area (Å²) in [6, 6.07) is 21.5. The molecule has 1 amide bonds. The van der Waals surface area contributed by atoms with Crippen LogP contribution in [0, 0.1) is 0 Å². The third-order valence-corrected chi connectivity index (χ3v) is 5.18. The van der Waals surface area contributed by atoms with Gasteiger partial charge in [-0.1, -0.05) is 68.4 Å². The van der Waals surface area contributed by atoms with Gasteiger partial charge in [0.15, 0.2) is 0 Å². The number of rotatable bonds is 7. The van der Waals surface area contributed by atoms with Crippen molar-refractivity contribution < 1.29 is 4.79 Å². The number of carbonyl (C=O) groups is 1. The summed E-state index contributed by atoms with van der Waals surface area (Å²) in [5.74, 6) is -0.366. The highest BCUT2D eigenvalue weighted by Gasteiger charge is 2.09. The standard InChI is InChI=1S/C26H27N3O2/c1-4-23(20-9-7-6-8-10-20)24(5-2)21-13-11-19(12-14-21)17-27-28-26(31)22-15-16-25(30)29(3)18-22/h6-18H,4-5H2,1-3H3,(H,28,31)/b24-23-,27-17+. The lowest BCUT2D eigenvalue weighted by molar-refractivity contribution is 0.0954. The number of hydrogen-bond acceptors (Lipinski definition) is 3. The van der Waals surface area contributed by atoms with Crippen molar-refractivity contribution in [3.05, 3.63) is 106 Å². The van der Waals surface area contributed by atoms with Crippen LogP contribution in [0.2, 0.25) is 0 Å². The molecule has 0 unspecified atom stereocenters. The predicted molar refractivity (Wildman–Crippen MR) is 127 cm³/mol. The lowest BCUT2D eigenvalue weighted by Gasteiger charge is -2.14. The molecule has 1 heterocycles. The number of nitrogens with one attached hydrogen (secondary N) is 1. The molecule has 0 radical (unpaired) electrons. The number of aryl methyl sites for hydroxylation is 1. The minimum absolute atomic E-state index is 0.167. The van der Waals surface area contributed by atoms with Gasteiger partial charge < -0.3 is 4.57 Å². The monoisotopic (exact) mass is 413 g/mol. The van der Waals surface area contributed by atoms with E-state index in [9.17, 15) is 9.59 Å². The maximum atomic E-state index is 12.2. The number of aromatic nitrogens is 1. The van der Waals surface area contributed by atoms with Crippen LogP contribution in [-0.4, -0.2) is 16.7 Å². The summed E-state index contributed by atoms with van der Waals surface area (Å²) in [7, 11) is 1.60. The summed E-state index contributed by atoms with van der Waals surface area (Å²) in [5, 5.41) is 4.04. The molecule has 0 aliphatic heterocycles. The summed E-state index contributed by atoms with van der Waals surface area (Å²) in [6.07, 6.45) is 5.00. The fourth-order valence-electron chi connectivity index (χ4n) is 3.55. The first-order valence-electron chi connectivity index (χ1n) is 10.4. The predicted octanol–water partition coefficient (Wildman–Crippen LogP) is 4.88. The Morgan fingerprint density at radius 1 is 0.871 bits per heavy atom. The van der Waals surface area contributed by atoms with E-state index in [1.165, 1.54) is 45.2 Å². The van der Waals surface area contributed by atoms with E-state index < -0.39 is 0 Å². The van der Waals surface area contributed by atoms with Crippen LogP contribution in [0.25, 0.3) is 11.1 Å². The van der Waals surface area contributed by atoms with Gasteiger partial charge in [-0.25, -0.2) is 5.43 Å². The Kier molecular flexibility index (Phi) is 7.33. The van der Waals surface area contributed by atoms with E-state index in [2.05, 4.69) is 60.8 Å². The number of carbonyl (C=O) groups excluding carboxylic acids is 1. The highest BCUT2D eigenvalue weighted by Crippen LogP contribution is 2.31. The van der Waals surface area contributed by atoms with Gasteiger partial charge in [-0.2, -0.15) is 5.10 Å². The zero-order valence-electron chi connectivity index (χ0n) is 18.1. The highest BCUT2D eigenvalue weighted by atomic mass is 16.2. The first-order valence-corrected chi connectivity index (χ1v) is 10.4. The number of hydrazone groups is 1. The number of hydrogen-bond donors (Lipinski definition) is 1. The topological polar surface area (TPSA) is 63.5 Å². The van der Waals surface area contributed by atoms with E-state index in [1.54, 1.807) is 13.3 Å². The average molecular weight is 414 g/mol. The van der Waals surface area contributed by atoms with Crippen molar-refractivity contribution in [3.8, 4) is 0 Å². The van der Waals surface area contributed by atoms with Gasteiger partial charge in [0.25, 0.3) is 5.91 Å². The molecular weight excluding hydrogens is 386 g/mol.